The quantitative estimate of drug-likeness (QED) is 0.549. The summed E-state index contributed by atoms with van der Waals surface area (Å²) in [6.07, 6.45) is 3.25. The molecule has 5 nitrogen and oxygen atoms in total. The van der Waals surface area contributed by atoms with Crippen molar-refractivity contribution in [1.29, 1.82) is 0 Å². The van der Waals surface area contributed by atoms with Crippen molar-refractivity contribution in [2.24, 2.45) is 5.73 Å². The number of hydrogen-bond donors (Lipinski definition) is 4. The van der Waals surface area contributed by atoms with Gasteiger partial charge in [0, 0.05) is 17.3 Å². The van der Waals surface area contributed by atoms with Gasteiger partial charge in [0.2, 0.25) is 0 Å². The van der Waals surface area contributed by atoms with E-state index in [9.17, 15) is 5.11 Å². The van der Waals surface area contributed by atoms with Crippen LogP contribution in [0.25, 0.3) is 0 Å². The average molecular weight is 351 g/mol. The summed E-state index contributed by atoms with van der Waals surface area (Å²) in [5, 5.41) is 16.6. The van der Waals surface area contributed by atoms with Crippen LogP contribution in [0.3, 0.4) is 0 Å². The molecule has 2 unspecified atom stereocenters. The third-order valence-corrected chi connectivity index (χ3v) is 4.19. The lowest BCUT2D eigenvalue weighted by atomic mass is 9.99. The number of aromatic hydroxyl groups is 1. The first-order valence-electron chi connectivity index (χ1n) is 8.34. The summed E-state index contributed by atoms with van der Waals surface area (Å²) in [5.41, 5.74) is 8.54. The molecule has 0 spiro atoms. The molecule has 0 aliphatic carbocycles. The molecular formula is C21H25N3O2. The minimum Gasteiger partial charge on any atom is -0.504 e. The Morgan fingerprint density at radius 1 is 1.35 bits per heavy atom. The second-order valence-electron chi connectivity index (χ2n) is 5.89. The van der Waals surface area contributed by atoms with Gasteiger partial charge >= 0.3 is 0 Å². The third kappa shape index (κ3) is 4.22. The molecule has 2 aromatic rings. The van der Waals surface area contributed by atoms with Gasteiger partial charge in [-0.05, 0) is 37.6 Å². The van der Waals surface area contributed by atoms with Gasteiger partial charge in [-0.2, -0.15) is 0 Å². The van der Waals surface area contributed by atoms with Crippen LogP contribution in [-0.4, -0.2) is 12.2 Å². The van der Waals surface area contributed by atoms with Crippen LogP contribution < -0.4 is 21.1 Å². The van der Waals surface area contributed by atoms with E-state index in [0.717, 1.165) is 16.7 Å². The van der Waals surface area contributed by atoms with Crippen molar-refractivity contribution in [3.63, 3.8) is 0 Å². The summed E-state index contributed by atoms with van der Waals surface area (Å²) >= 11 is 0. The van der Waals surface area contributed by atoms with Crippen LogP contribution in [0.1, 0.15) is 35.7 Å². The zero-order valence-corrected chi connectivity index (χ0v) is 15.3. The Morgan fingerprint density at radius 3 is 2.69 bits per heavy atom. The fourth-order valence-corrected chi connectivity index (χ4v) is 2.79. The lowest BCUT2D eigenvalue weighted by Crippen LogP contribution is -2.32. The molecule has 136 valence electrons. The predicted octanol–water partition coefficient (Wildman–Crippen LogP) is 3.23. The number of hydrogen-bond acceptors (Lipinski definition) is 5. The first-order chi connectivity index (χ1) is 12.5. The molecule has 5 heteroatoms. The van der Waals surface area contributed by atoms with Crippen molar-refractivity contribution in [2.45, 2.75) is 25.9 Å². The maximum atomic E-state index is 9.92. The van der Waals surface area contributed by atoms with E-state index in [1.54, 1.807) is 12.1 Å². The van der Waals surface area contributed by atoms with Gasteiger partial charge < -0.3 is 26.2 Å². The van der Waals surface area contributed by atoms with Crippen LogP contribution in [-0.2, 0) is 0 Å². The second kappa shape index (κ2) is 8.72. The highest BCUT2D eigenvalue weighted by Crippen LogP contribution is 2.34. The van der Waals surface area contributed by atoms with Crippen LogP contribution >= 0.6 is 0 Å². The number of phenolic OH excluding ortho intramolecular Hbond substituents is 1. The SMILES string of the molecule is C=CC(N/C(=C\N)NC(C)c1c#cccc1)c1ccc(O)c(OC)c1C. The Morgan fingerprint density at radius 2 is 2.12 bits per heavy atom. The molecule has 0 bridgehead atoms. The van der Waals surface area contributed by atoms with Gasteiger partial charge in [0.1, 0.15) is 5.82 Å². The van der Waals surface area contributed by atoms with Crippen LogP contribution in [0.2, 0.25) is 0 Å². The lowest BCUT2D eigenvalue weighted by molar-refractivity contribution is 0.369. The Hall–Kier alpha value is -3.26. The summed E-state index contributed by atoms with van der Waals surface area (Å²) in [6, 6.07) is 15.0. The van der Waals surface area contributed by atoms with Crippen molar-refractivity contribution < 1.29 is 9.84 Å². The normalized spacial score (nSPS) is 13.3. The van der Waals surface area contributed by atoms with E-state index in [4.69, 9.17) is 10.5 Å². The minimum absolute atomic E-state index is 0.00401. The Kier molecular flexibility index (Phi) is 6.40. The van der Waals surface area contributed by atoms with E-state index in [1.165, 1.54) is 13.3 Å². The van der Waals surface area contributed by atoms with E-state index in [-0.39, 0.29) is 17.8 Å². The Balaban J connectivity index is 2.19. The smallest absolute Gasteiger partial charge is 0.163 e. The zero-order chi connectivity index (χ0) is 19.1. The van der Waals surface area contributed by atoms with E-state index < -0.39 is 0 Å². The summed E-state index contributed by atoms with van der Waals surface area (Å²) in [4.78, 5) is 0. The molecule has 0 saturated carbocycles. The number of phenols is 1. The molecular weight excluding hydrogens is 326 g/mol. The Labute approximate surface area is 155 Å². The maximum Gasteiger partial charge on any atom is 0.163 e. The zero-order valence-electron chi connectivity index (χ0n) is 15.3. The van der Waals surface area contributed by atoms with Gasteiger partial charge in [0.15, 0.2) is 11.5 Å². The molecule has 26 heavy (non-hydrogen) atoms. The molecule has 0 fully saturated rings. The molecule has 0 aromatic heterocycles. The molecule has 0 radical (unpaired) electrons. The number of nitrogens with one attached hydrogen (secondary N) is 2. The standard InChI is InChI=1S/C21H25N3O2/c1-5-18(17-11-12-19(25)21(26-4)14(17)2)24-20(13-22)23-15(3)16-9-7-6-8-10-16/h5-7,9,11-13,15,18,23-25H,1,22H2,2-4H3/b20-13-. The van der Waals surface area contributed by atoms with Gasteiger partial charge in [-0.3, -0.25) is 0 Å². The Bertz CT molecular complexity index is 772. The van der Waals surface area contributed by atoms with Gasteiger partial charge in [0.05, 0.1) is 19.2 Å². The van der Waals surface area contributed by atoms with E-state index >= 15 is 0 Å². The van der Waals surface area contributed by atoms with E-state index in [1.807, 2.05) is 38.1 Å². The summed E-state index contributed by atoms with van der Waals surface area (Å²) in [5.74, 6) is 1.21. The lowest BCUT2D eigenvalue weighted by Gasteiger charge is -2.24. The molecule has 5 N–H and O–H groups in total. The van der Waals surface area contributed by atoms with Gasteiger partial charge in [-0.15, -0.1) is 6.58 Å². The fraction of sp³-hybridized carbons (Fsp3) is 0.238. The molecule has 2 rings (SSSR count). The number of benzene rings is 1. The van der Waals surface area contributed by atoms with Crippen LogP contribution in [0, 0.1) is 19.1 Å². The van der Waals surface area contributed by atoms with Gasteiger partial charge in [-0.1, -0.05) is 30.3 Å². The number of nitrogens with two attached hydrogens (primary N) is 1. The van der Waals surface area contributed by atoms with Crippen LogP contribution in [0.4, 0.5) is 0 Å². The molecule has 0 saturated heterocycles. The van der Waals surface area contributed by atoms with Crippen molar-refractivity contribution >= 4 is 0 Å². The van der Waals surface area contributed by atoms with Crippen LogP contribution in [0.5, 0.6) is 11.5 Å². The van der Waals surface area contributed by atoms with Crippen molar-refractivity contribution in [3.05, 3.63) is 83.8 Å². The maximum absolute atomic E-state index is 9.92. The predicted molar refractivity (Wildman–Crippen MR) is 103 cm³/mol. The highest BCUT2D eigenvalue weighted by molar-refractivity contribution is 5.51. The molecule has 2 atom stereocenters. The number of ether oxygens (including phenoxy) is 1. The first kappa shape index (κ1) is 19.1. The molecule has 0 aliphatic rings. The minimum atomic E-state index is -0.217. The molecule has 0 heterocycles. The van der Waals surface area contributed by atoms with Crippen molar-refractivity contribution in [2.75, 3.05) is 7.11 Å². The largest absolute Gasteiger partial charge is 0.504 e. The highest BCUT2D eigenvalue weighted by Gasteiger charge is 2.17. The average Bonchev–Trinajstić information content (AvgIpc) is 2.66. The summed E-state index contributed by atoms with van der Waals surface area (Å²) < 4.78 is 5.29. The van der Waals surface area contributed by atoms with Crippen molar-refractivity contribution in [1.82, 2.24) is 10.6 Å². The monoisotopic (exact) mass is 351 g/mol. The van der Waals surface area contributed by atoms with Crippen molar-refractivity contribution in [3.8, 4) is 11.5 Å². The highest BCUT2D eigenvalue weighted by atomic mass is 16.5. The number of rotatable bonds is 8. The van der Waals surface area contributed by atoms with E-state index in [2.05, 4.69) is 29.3 Å². The third-order valence-electron chi connectivity index (χ3n) is 4.19. The molecule has 0 amide bonds. The fourth-order valence-electron chi connectivity index (χ4n) is 2.79. The first-order valence-corrected chi connectivity index (χ1v) is 8.34. The van der Waals surface area contributed by atoms with E-state index in [0.29, 0.717) is 11.6 Å². The topological polar surface area (TPSA) is 79.5 Å². The molecule has 0 aliphatic heterocycles. The summed E-state index contributed by atoms with van der Waals surface area (Å²) in [6.45, 7) is 7.82. The van der Waals surface area contributed by atoms with Gasteiger partial charge in [0.25, 0.3) is 0 Å². The second-order valence-corrected chi connectivity index (χ2v) is 5.89. The molecule has 2 aromatic carbocycles. The number of methoxy groups -OCH3 is 1. The van der Waals surface area contributed by atoms with Gasteiger partial charge in [-0.25, -0.2) is 0 Å². The summed E-state index contributed by atoms with van der Waals surface area (Å²) in [7, 11) is 1.53. The van der Waals surface area contributed by atoms with Crippen LogP contribution in [0.15, 0.2) is 55.0 Å².